The molecule has 2 aromatic rings. The number of alkyl halides is 3. The smallest absolute Gasteiger partial charge is 0.406 e. The molecular weight excluding hydrogens is 361 g/mol. The number of benzene rings is 1. The fourth-order valence-electron chi connectivity index (χ4n) is 2.81. The molecule has 1 aromatic carbocycles. The van der Waals surface area contributed by atoms with Crippen LogP contribution in [0.5, 0.6) is 5.75 Å². The molecule has 1 saturated heterocycles. The molecule has 1 aliphatic heterocycles. The monoisotopic (exact) mass is 384 g/mol. The molecule has 1 N–H and O–H groups in total. The van der Waals surface area contributed by atoms with E-state index in [-0.39, 0.29) is 16.7 Å². The van der Waals surface area contributed by atoms with Crippen LogP contribution in [0.4, 0.5) is 13.2 Å². The van der Waals surface area contributed by atoms with Crippen LogP contribution in [0.25, 0.3) is 0 Å². The van der Waals surface area contributed by atoms with E-state index in [9.17, 15) is 13.2 Å². The van der Waals surface area contributed by atoms with Crippen LogP contribution >= 0.6 is 0 Å². The molecule has 0 spiro atoms. The Morgan fingerprint density at radius 1 is 1.15 bits per heavy atom. The molecule has 0 radical (unpaired) electrons. The van der Waals surface area contributed by atoms with Gasteiger partial charge >= 0.3 is 6.36 Å². The van der Waals surface area contributed by atoms with Crippen molar-refractivity contribution in [3.63, 3.8) is 0 Å². The number of hydrogen-bond donors (Lipinski definition) is 1. The quantitative estimate of drug-likeness (QED) is 0.817. The number of halogens is 3. The molecule has 0 unspecified atom stereocenters. The summed E-state index contributed by atoms with van der Waals surface area (Å²) in [5.41, 5.74) is 1.34. The summed E-state index contributed by atoms with van der Waals surface area (Å²) < 4.78 is 51.4. The van der Waals surface area contributed by atoms with Crippen molar-refractivity contribution in [2.45, 2.75) is 51.1 Å². The fraction of sp³-hybridized carbons (Fsp3) is 0.526. The molecule has 0 bridgehead atoms. The van der Waals surface area contributed by atoms with Crippen molar-refractivity contribution in [3.8, 4) is 5.75 Å². The summed E-state index contributed by atoms with van der Waals surface area (Å²) in [6.45, 7) is 7.76. The Morgan fingerprint density at radius 2 is 1.81 bits per heavy atom. The van der Waals surface area contributed by atoms with Gasteiger partial charge in [-0.3, -0.25) is 0 Å². The standard InChI is InChI=1S/C19H23F3N2O3/c1-17(2,3)16-8-14(24-27-16)9-18(11-25-12-18)23-10-13-4-6-15(7-5-13)26-19(20,21)22/h4-8,23H,9-12H2,1-3H3. The van der Waals surface area contributed by atoms with Gasteiger partial charge in [-0.1, -0.05) is 38.1 Å². The minimum Gasteiger partial charge on any atom is -0.406 e. The van der Waals surface area contributed by atoms with Gasteiger partial charge in [-0.15, -0.1) is 13.2 Å². The van der Waals surface area contributed by atoms with Gasteiger partial charge in [0.05, 0.1) is 24.4 Å². The Morgan fingerprint density at radius 3 is 2.30 bits per heavy atom. The number of aromatic nitrogens is 1. The molecule has 0 saturated carbocycles. The van der Waals surface area contributed by atoms with Crippen LogP contribution in [0.3, 0.4) is 0 Å². The van der Waals surface area contributed by atoms with E-state index in [0.717, 1.165) is 17.0 Å². The lowest BCUT2D eigenvalue weighted by Gasteiger charge is -2.42. The first-order chi connectivity index (χ1) is 12.5. The van der Waals surface area contributed by atoms with Gasteiger partial charge in [-0.25, -0.2) is 0 Å². The molecule has 3 rings (SSSR count). The average molecular weight is 384 g/mol. The largest absolute Gasteiger partial charge is 0.573 e. The van der Waals surface area contributed by atoms with Crippen LogP contribution in [0.15, 0.2) is 34.9 Å². The van der Waals surface area contributed by atoms with Gasteiger partial charge in [-0.05, 0) is 17.7 Å². The lowest BCUT2D eigenvalue weighted by molar-refractivity contribution is -0.274. The number of rotatable bonds is 6. The first kappa shape index (κ1) is 19.7. The van der Waals surface area contributed by atoms with E-state index in [1.807, 2.05) is 6.07 Å². The van der Waals surface area contributed by atoms with E-state index in [0.29, 0.717) is 26.2 Å². The van der Waals surface area contributed by atoms with E-state index in [1.165, 1.54) is 12.1 Å². The maximum atomic E-state index is 12.2. The molecule has 0 atom stereocenters. The van der Waals surface area contributed by atoms with Crippen molar-refractivity contribution in [3.05, 3.63) is 47.3 Å². The highest BCUT2D eigenvalue weighted by molar-refractivity contribution is 5.27. The molecule has 0 aliphatic carbocycles. The third-order valence-electron chi connectivity index (χ3n) is 4.40. The molecule has 8 heteroatoms. The first-order valence-electron chi connectivity index (χ1n) is 8.68. The molecule has 2 heterocycles. The van der Waals surface area contributed by atoms with Crippen molar-refractivity contribution >= 4 is 0 Å². The Labute approximate surface area is 155 Å². The topological polar surface area (TPSA) is 56.5 Å². The summed E-state index contributed by atoms with van der Waals surface area (Å²) in [5.74, 6) is 0.596. The second-order valence-electron chi connectivity index (χ2n) is 7.93. The predicted molar refractivity (Wildman–Crippen MR) is 92.4 cm³/mol. The zero-order chi connectivity index (χ0) is 19.7. The minimum absolute atomic E-state index is 0.109. The summed E-state index contributed by atoms with van der Waals surface area (Å²) >= 11 is 0. The highest BCUT2D eigenvalue weighted by Gasteiger charge is 2.39. The number of ether oxygens (including phenoxy) is 2. The second kappa shape index (κ2) is 7.16. The average Bonchev–Trinajstić information content (AvgIpc) is 2.98. The summed E-state index contributed by atoms with van der Waals surface area (Å²) in [7, 11) is 0. The zero-order valence-electron chi connectivity index (χ0n) is 15.5. The van der Waals surface area contributed by atoms with Crippen molar-refractivity contribution in [1.29, 1.82) is 0 Å². The van der Waals surface area contributed by atoms with Crippen LogP contribution in [-0.2, 0) is 23.1 Å². The third-order valence-corrected chi connectivity index (χ3v) is 4.40. The fourth-order valence-corrected chi connectivity index (χ4v) is 2.81. The molecule has 5 nitrogen and oxygen atoms in total. The maximum absolute atomic E-state index is 12.2. The maximum Gasteiger partial charge on any atom is 0.573 e. The Kier molecular flexibility index (Phi) is 5.22. The van der Waals surface area contributed by atoms with Gasteiger partial charge in [0.15, 0.2) is 0 Å². The first-order valence-corrected chi connectivity index (χ1v) is 8.68. The van der Waals surface area contributed by atoms with Gasteiger partial charge in [-0.2, -0.15) is 0 Å². The number of nitrogens with zero attached hydrogens (tertiary/aromatic N) is 1. The summed E-state index contributed by atoms with van der Waals surface area (Å²) in [6.07, 6.45) is -4.03. The Hall–Kier alpha value is -2.06. The summed E-state index contributed by atoms with van der Waals surface area (Å²) in [6, 6.07) is 7.79. The van der Waals surface area contributed by atoms with Gasteiger partial charge in [0.1, 0.15) is 11.5 Å². The molecule has 1 aliphatic rings. The van der Waals surface area contributed by atoms with E-state index in [4.69, 9.17) is 9.26 Å². The minimum atomic E-state index is -4.68. The highest BCUT2D eigenvalue weighted by atomic mass is 19.4. The van der Waals surface area contributed by atoms with E-state index in [2.05, 4.69) is 36.0 Å². The molecule has 148 valence electrons. The van der Waals surface area contributed by atoms with Gasteiger partial charge in [0.25, 0.3) is 0 Å². The van der Waals surface area contributed by atoms with Crippen molar-refractivity contribution in [2.75, 3.05) is 13.2 Å². The normalized spacial score (nSPS) is 16.8. The van der Waals surface area contributed by atoms with Crippen LogP contribution in [-0.4, -0.2) is 30.3 Å². The molecule has 0 amide bonds. The molecule has 1 aromatic heterocycles. The van der Waals surface area contributed by atoms with Gasteiger partial charge in [0, 0.05) is 24.4 Å². The lowest BCUT2D eigenvalue weighted by atomic mass is 9.89. The molecule has 1 fully saturated rings. The number of hydrogen-bond acceptors (Lipinski definition) is 5. The van der Waals surface area contributed by atoms with Crippen molar-refractivity contribution in [2.24, 2.45) is 0 Å². The van der Waals surface area contributed by atoms with Crippen molar-refractivity contribution in [1.82, 2.24) is 10.5 Å². The van der Waals surface area contributed by atoms with E-state index in [1.54, 1.807) is 12.1 Å². The Balaban J connectivity index is 1.59. The summed E-state index contributed by atoms with van der Waals surface area (Å²) in [4.78, 5) is 0. The zero-order valence-corrected chi connectivity index (χ0v) is 15.5. The molecule has 27 heavy (non-hydrogen) atoms. The van der Waals surface area contributed by atoms with Crippen LogP contribution in [0.2, 0.25) is 0 Å². The van der Waals surface area contributed by atoms with Crippen molar-refractivity contribution < 1.29 is 27.2 Å². The predicted octanol–water partition coefficient (Wildman–Crippen LogP) is 3.97. The van der Waals surface area contributed by atoms with Gasteiger partial charge < -0.3 is 19.3 Å². The molecular formula is C19H23F3N2O3. The SMILES string of the molecule is CC(C)(C)c1cc(CC2(NCc3ccc(OC(F)(F)F)cc3)COC2)no1. The lowest BCUT2D eigenvalue weighted by Crippen LogP contribution is -2.61. The third kappa shape index (κ3) is 5.23. The second-order valence-corrected chi connectivity index (χ2v) is 7.93. The van der Waals surface area contributed by atoms with Crippen LogP contribution in [0.1, 0.15) is 37.8 Å². The number of nitrogens with one attached hydrogen (secondary N) is 1. The Bertz CT molecular complexity index is 760. The van der Waals surface area contributed by atoms with E-state index >= 15 is 0 Å². The van der Waals surface area contributed by atoms with Gasteiger partial charge in [0.2, 0.25) is 0 Å². The van der Waals surface area contributed by atoms with Crippen LogP contribution < -0.4 is 10.1 Å². The van der Waals surface area contributed by atoms with Crippen LogP contribution in [0, 0.1) is 0 Å². The summed E-state index contributed by atoms with van der Waals surface area (Å²) in [5, 5.41) is 7.60. The van der Waals surface area contributed by atoms with E-state index < -0.39 is 6.36 Å². The highest BCUT2D eigenvalue weighted by Crippen LogP contribution is 2.27.